The Kier molecular flexibility index (Phi) is 5.13. The molecule has 1 aromatic heterocycles. The highest BCUT2D eigenvalue weighted by Crippen LogP contribution is 2.47. The van der Waals surface area contributed by atoms with Gasteiger partial charge in [0.2, 0.25) is 0 Å². The number of carbonyl (C=O) groups excluding carboxylic acids is 1. The predicted molar refractivity (Wildman–Crippen MR) is 116 cm³/mol. The monoisotopic (exact) mass is 453 g/mol. The van der Waals surface area contributed by atoms with Crippen molar-refractivity contribution in [2.75, 3.05) is 4.90 Å². The average Bonchev–Trinajstić information content (AvgIpc) is 3.13. The summed E-state index contributed by atoms with van der Waals surface area (Å²) in [6.07, 6.45) is 3.05. The number of nitriles is 1. The Labute approximate surface area is 177 Å². The fourth-order valence-electron chi connectivity index (χ4n) is 4.03. The van der Waals surface area contributed by atoms with Gasteiger partial charge in [0.25, 0.3) is 0 Å². The Bertz CT molecular complexity index is 1040. The lowest BCUT2D eigenvalue weighted by atomic mass is 9.78. The van der Waals surface area contributed by atoms with Gasteiger partial charge in [0.05, 0.1) is 17.6 Å². The van der Waals surface area contributed by atoms with Gasteiger partial charge in [-0.25, -0.2) is 0 Å². The molecule has 142 valence electrons. The molecule has 1 aliphatic heterocycles. The molecule has 6 heteroatoms. The minimum atomic E-state index is -0.379. The van der Waals surface area contributed by atoms with Crippen molar-refractivity contribution in [3.8, 4) is 6.07 Å². The molecule has 0 amide bonds. The Hall–Kier alpha value is -2.36. The molecule has 0 saturated carbocycles. The molecule has 28 heavy (non-hydrogen) atoms. The molecule has 1 atom stereocenters. The van der Waals surface area contributed by atoms with Crippen LogP contribution in [0.15, 0.2) is 62.8 Å². The van der Waals surface area contributed by atoms with Crippen molar-refractivity contribution in [1.82, 2.24) is 0 Å². The SMILES string of the molecule is CCc1ccc(N2C(N)=C(C#N)C(c3cc(Br)cs3)C3=C2CCCC3=O)cc1. The van der Waals surface area contributed by atoms with E-state index in [1.165, 1.54) is 5.56 Å². The molecule has 0 spiro atoms. The normalized spacial score (nSPS) is 19.7. The maximum absolute atomic E-state index is 13.0. The number of benzene rings is 1. The van der Waals surface area contributed by atoms with E-state index in [0.29, 0.717) is 17.8 Å². The predicted octanol–water partition coefficient (Wildman–Crippen LogP) is 5.38. The van der Waals surface area contributed by atoms with E-state index >= 15 is 0 Å². The maximum Gasteiger partial charge on any atom is 0.161 e. The van der Waals surface area contributed by atoms with Crippen LogP contribution < -0.4 is 10.6 Å². The van der Waals surface area contributed by atoms with Crippen LogP contribution in [-0.4, -0.2) is 5.78 Å². The molecular formula is C22H20BrN3OS. The molecule has 2 N–H and O–H groups in total. The van der Waals surface area contributed by atoms with Crippen LogP contribution in [0.3, 0.4) is 0 Å². The summed E-state index contributed by atoms with van der Waals surface area (Å²) in [5, 5.41) is 11.9. The summed E-state index contributed by atoms with van der Waals surface area (Å²) in [4.78, 5) is 15.9. The van der Waals surface area contributed by atoms with Gasteiger partial charge in [0, 0.05) is 38.1 Å². The van der Waals surface area contributed by atoms with Gasteiger partial charge in [-0.05, 0) is 59.0 Å². The van der Waals surface area contributed by atoms with Gasteiger partial charge >= 0.3 is 0 Å². The van der Waals surface area contributed by atoms with Crippen molar-refractivity contribution in [1.29, 1.82) is 5.26 Å². The number of hydrogen-bond donors (Lipinski definition) is 1. The lowest BCUT2D eigenvalue weighted by Crippen LogP contribution is -2.38. The maximum atomic E-state index is 13.0. The van der Waals surface area contributed by atoms with Crippen molar-refractivity contribution in [2.45, 2.75) is 38.5 Å². The minimum Gasteiger partial charge on any atom is -0.384 e. The van der Waals surface area contributed by atoms with Crippen molar-refractivity contribution < 1.29 is 4.79 Å². The second kappa shape index (κ2) is 7.57. The number of ketones is 1. The van der Waals surface area contributed by atoms with E-state index in [1.807, 2.05) is 28.5 Å². The van der Waals surface area contributed by atoms with Gasteiger partial charge in [-0.15, -0.1) is 11.3 Å². The number of thiophene rings is 1. The molecular weight excluding hydrogens is 434 g/mol. The number of nitrogens with two attached hydrogens (primary N) is 1. The van der Waals surface area contributed by atoms with Crippen LogP contribution in [0.1, 0.15) is 42.5 Å². The topological polar surface area (TPSA) is 70.1 Å². The van der Waals surface area contributed by atoms with Gasteiger partial charge in [-0.1, -0.05) is 19.1 Å². The summed E-state index contributed by atoms with van der Waals surface area (Å²) in [6.45, 7) is 2.11. The molecule has 1 aliphatic carbocycles. The number of hydrogen-bond acceptors (Lipinski definition) is 5. The van der Waals surface area contributed by atoms with Crippen molar-refractivity contribution in [3.63, 3.8) is 0 Å². The number of anilines is 1. The molecule has 4 rings (SSSR count). The van der Waals surface area contributed by atoms with Crippen molar-refractivity contribution in [3.05, 3.63) is 73.3 Å². The van der Waals surface area contributed by atoms with Gasteiger partial charge in [0.15, 0.2) is 5.78 Å². The first-order valence-electron chi connectivity index (χ1n) is 9.34. The Balaban J connectivity index is 1.92. The van der Waals surface area contributed by atoms with Gasteiger partial charge in [0.1, 0.15) is 5.82 Å². The molecule has 2 aliphatic rings. The number of carbonyl (C=O) groups is 1. The van der Waals surface area contributed by atoms with Crippen LogP contribution in [0.25, 0.3) is 0 Å². The van der Waals surface area contributed by atoms with E-state index in [0.717, 1.165) is 45.6 Å². The molecule has 4 nitrogen and oxygen atoms in total. The molecule has 1 unspecified atom stereocenters. The Morgan fingerprint density at radius 3 is 2.68 bits per heavy atom. The van der Waals surface area contributed by atoms with Crippen LogP contribution in [0.2, 0.25) is 0 Å². The highest BCUT2D eigenvalue weighted by atomic mass is 79.9. The number of Topliss-reactive ketones (excluding diaryl/α,β-unsaturated/α-hetero) is 1. The summed E-state index contributed by atoms with van der Waals surface area (Å²) in [6, 6.07) is 12.5. The minimum absolute atomic E-state index is 0.117. The van der Waals surface area contributed by atoms with E-state index in [9.17, 15) is 10.1 Å². The van der Waals surface area contributed by atoms with Crippen LogP contribution in [0, 0.1) is 11.3 Å². The van der Waals surface area contributed by atoms with E-state index in [4.69, 9.17) is 5.73 Å². The number of rotatable bonds is 3. The highest BCUT2D eigenvalue weighted by Gasteiger charge is 2.40. The van der Waals surface area contributed by atoms with Gasteiger partial charge in [-0.2, -0.15) is 5.26 Å². The molecule has 0 saturated heterocycles. The summed E-state index contributed by atoms with van der Waals surface area (Å²) in [5.74, 6) is 0.163. The zero-order valence-electron chi connectivity index (χ0n) is 15.5. The summed E-state index contributed by atoms with van der Waals surface area (Å²) in [5.41, 5.74) is 10.8. The first kappa shape index (κ1) is 19.0. The fraction of sp³-hybridized carbons (Fsp3) is 0.273. The second-order valence-corrected chi connectivity index (χ2v) is 8.86. The summed E-state index contributed by atoms with van der Waals surface area (Å²) >= 11 is 5.03. The van der Waals surface area contributed by atoms with Crippen LogP contribution in [-0.2, 0) is 11.2 Å². The fourth-order valence-corrected chi connectivity index (χ4v) is 5.59. The zero-order valence-corrected chi connectivity index (χ0v) is 17.9. The lowest BCUT2D eigenvalue weighted by Gasteiger charge is -2.39. The van der Waals surface area contributed by atoms with E-state index in [-0.39, 0.29) is 11.7 Å². The Morgan fingerprint density at radius 1 is 1.32 bits per heavy atom. The average molecular weight is 454 g/mol. The summed E-state index contributed by atoms with van der Waals surface area (Å²) in [7, 11) is 0. The van der Waals surface area contributed by atoms with Crippen LogP contribution >= 0.6 is 27.3 Å². The smallest absolute Gasteiger partial charge is 0.161 e. The molecule has 0 fully saturated rings. The molecule has 0 radical (unpaired) electrons. The third-order valence-corrected chi connectivity index (χ3v) is 7.15. The third kappa shape index (κ3) is 3.09. The standard InChI is InChI=1S/C22H20BrN3OS/c1-2-13-6-8-15(9-7-13)26-17-4-3-5-18(27)21(17)20(16(11-24)22(26)25)19-10-14(23)12-28-19/h6-10,12,20H,2-5,25H2,1H3. The van der Waals surface area contributed by atoms with E-state index in [1.54, 1.807) is 11.3 Å². The van der Waals surface area contributed by atoms with Gasteiger partial charge in [-0.3, -0.25) is 9.69 Å². The third-order valence-electron chi connectivity index (χ3n) is 5.39. The zero-order chi connectivity index (χ0) is 19.8. The molecule has 2 heterocycles. The quantitative estimate of drug-likeness (QED) is 0.676. The van der Waals surface area contributed by atoms with Crippen molar-refractivity contribution in [2.24, 2.45) is 5.73 Å². The lowest BCUT2D eigenvalue weighted by molar-refractivity contribution is -0.116. The van der Waals surface area contributed by atoms with Crippen LogP contribution in [0.5, 0.6) is 0 Å². The summed E-state index contributed by atoms with van der Waals surface area (Å²) < 4.78 is 0.950. The largest absolute Gasteiger partial charge is 0.384 e. The number of nitrogens with zero attached hydrogens (tertiary/aromatic N) is 2. The Morgan fingerprint density at radius 2 is 2.07 bits per heavy atom. The van der Waals surface area contributed by atoms with Gasteiger partial charge < -0.3 is 5.73 Å². The number of allylic oxidation sites excluding steroid dienone is 3. The number of halogens is 1. The first-order valence-corrected chi connectivity index (χ1v) is 11.0. The highest BCUT2D eigenvalue weighted by molar-refractivity contribution is 9.10. The number of aryl methyl sites for hydroxylation is 1. The first-order chi connectivity index (χ1) is 13.5. The van der Waals surface area contributed by atoms with Crippen LogP contribution in [0.4, 0.5) is 5.69 Å². The van der Waals surface area contributed by atoms with E-state index < -0.39 is 0 Å². The molecule has 1 aromatic carbocycles. The van der Waals surface area contributed by atoms with Crippen molar-refractivity contribution >= 4 is 38.7 Å². The molecule has 0 bridgehead atoms. The second-order valence-electron chi connectivity index (χ2n) is 7.00. The van der Waals surface area contributed by atoms with E-state index in [2.05, 4.69) is 41.1 Å². The molecule has 2 aromatic rings.